The number of aliphatic hydroxyl groups is 5. The number of unbranched alkanes of at least 4 members (excludes halogenated alkanes) is 50. The van der Waals surface area contributed by atoms with Crippen molar-refractivity contribution in [1.29, 1.82) is 0 Å². The van der Waals surface area contributed by atoms with Crippen LogP contribution in [0.1, 0.15) is 361 Å². The Morgan fingerprint density at radius 2 is 0.667 bits per heavy atom. The molecular weight excluding hydrogens is 935 g/mol. The topological polar surface area (TPSA) is 149 Å². The molecule has 1 amide bonds. The second kappa shape index (κ2) is 56.5. The maximum Gasteiger partial charge on any atom is 0.220 e. The molecular formula is C66H131NO8. The van der Waals surface area contributed by atoms with Crippen LogP contribution in [-0.2, 0) is 14.3 Å². The van der Waals surface area contributed by atoms with Crippen molar-refractivity contribution in [3.8, 4) is 0 Å². The summed E-state index contributed by atoms with van der Waals surface area (Å²) < 4.78 is 11.4. The van der Waals surface area contributed by atoms with Crippen LogP contribution in [0.15, 0.2) is 0 Å². The molecule has 7 atom stereocenters. The molecule has 0 aromatic heterocycles. The molecule has 0 aromatic carbocycles. The minimum atomic E-state index is -1.55. The van der Waals surface area contributed by atoms with Crippen LogP contribution in [0, 0.1) is 0 Å². The van der Waals surface area contributed by atoms with Gasteiger partial charge in [0, 0.05) is 6.42 Å². The fourth-order valence-corrected chi connectivity index (χ4v) is 11.4. The first-order valence-electron chi connectivity index (χ1n) is 33.7. The van der Waals surface area contributed by atoms with Gasteiger partial charge in [-0.3, -0.25) is 4.79 Å². The molecule has 1 heterocycles. The maximum absolute atomic E-state index is 13.1. The van der Waals surface area contributed by atoms with Crippen LogP contribution in [0.3, 0.4) is 0 Å². The number of carbonyl (C=O) groups excluding carboxylic acids is 1. The predicted molar refractivity (Wildman–Crippen MR) is 318 cm³/mol. The van der Waals surface area contributed by atoms with Gasteiger partial charge in [-0.2, -0.15) is 0 Å². The van der Waals surface area contributed by atoms with Crippen LogP contribution >= 0.6 is 0 Å². The van der Waals surface area contributed by atoms with Crippen LogP contribution in [0.5, 0.6) is 0 Å². The van der Waals surface area contributed by atoms with Gasteiger partial charge in [-0.25, -0.2) is 0 Å². The molecule has 9 heteroatoms. The summed E-state index contributed by atoms with van der Waals surface area (Å²) in [5.74, 6) is -0.133. The second-order valence-electron chi connectivity index (χ2n) is 24.0. The highest BCUT2D eigenvalue weighted by Gasteiger charge is 2.44. The van der Waals surface area contributed by atoms with E-state index in [4.69, 9.17) is 9.47 Å². The standard InChI is InChI=1S/C66H131NO8/c1-3-5-7-9-11-13-15-17-19-21-23-25-27-29-30-32-34-36-38-40-42-44-46-48-50-52-54-56-62(70)67-59(58-74-66-65(73)64(72)63(71)61(57-68)75-66)60(69)55-53-51-49-47-45-43-41-39-37-35-33-31-28-26-24-22-20-18-16-14-12-10-8-6-4-2/h59-61,63-66,68-69,71-73H,3-58H2,1-2H3,(H,67,70). The monoisotopic (exact) mass is 1070 g/mol. The zero-order chi connectivity index (χ0) is 54.3. The fraction of sp³-hybridized carbons (Fsp3) is 0.985. The van der Waals surface area contributed by atoms with Gasteiger partial charge in [-0.1, -0.05) is 341 Å². The molecule has 0 saturated carbocycles. The third-order valence-corrected chi connectivity index (χ3v) is 16.7. The predicted octanol–water partition coefficient (Wildman–Crippen LogP) is 17.8. The molecule has 1 saturated heterocycles. The van der Waals surface area contributed by atoms with E-state index in [0.29, 0.717) is 12.8 Å². The Morgan fingerprint density at radius 1 is 0.400 bits per heavy atom. The number of carbonyl (C=O) groups is 1. The first-order chi connectivity index (χ1) is 36.8. The molecule has 75 heavy (non-hydrogen) atoms. The molecule has 0 aliphatic carbocycles. The lowest BCUT2D eigenvalue weighted by Gasteiger charge is -2.40. The van der Waals surface area contributed by atoms with E-state index in [2.05, 4.69) is 19.2 Å². The molecule has 9 nitrogen and oxygen atoms in total. The minimum Gasteiger partial charge on any atom is -0.394 e. The van der Waals surface area contributed by atoms with Gasteiger partial charge in [0.1, 0.15) is 24.4 Å². The molecule has 1 fully saturated rings. The van der Waals surface area contributed by atoms with Crippen LogP contribution in [0.2, 0.25) is 0 Å². The van der Waals surface area contributed by atoms with Crippen LogP contribution in [-0.4, -0.2) is 87.5 Å². The van der Waals surface area contributed by atoms with Crippen molar-refractivity contribution in [3.63, 3.8) is 0 Å². The smallest absolute Gasteiger partial charge is 0.220 e. The number of rotatable bonds is 60. The van der Waals surface area contributed by atoms with E-state index in [1.165, 1.54) is 295 Å². The normalized spacial score (nSPS) is 18.7. The second-order valence-corrected chi connectivity index (χ2v) is 24.0. The number of ether oxygens (including phenoxy) is 2. The Hall–Kier alpha value is -0.810. The Bertz CT molecular complexity index is 1140. The lowest BCUT2D eigenvalue weighted by Crippen LogP contribution is -2.60. The first-order valence-corrected chi connectivity index (χ1v) is 33.7. The highest BCUT2D eigenvalue weighted by Crippen LogP contribution is 2.24. The van der Waals surface area contributed by atoms with E-state index >= 15 is 0 Å². The van der Waals surface area contributed by atoms with Crippen molar-refractivity contribution in [2.45, 2.75) is 403 Å². The van der Waals surface area contributed by atoms with Gasteiger partial charge in [-0.05, 0) is 12.8 Å². The Morgan fingerprint density at radius 3 is 0.947 bits per heavy atom. The highest BCUT2D eigenvalue weighted by atomic mass is 16.7. The van der Waals surface area contributed by atoms with Crippen molar-refractivity contribution >= 4 is 5.91 Å². The quantitative estimate of drug-likeness (QED) is 0.0330. The van der Waals surface area contributed by atoms with Gasteiger partial charge in [0.05, 0.1) is 25.4 Å². The van der Waals surface area contributed by atoms with Gasteiger partial charge < -0.3 is 40.3 Å². The third-order valence-electron chi connectivity index (χ3n) is 16.7. The summed E-state index contributed by atoms with van der Waals surface area (Å²) in [6, 6.07) is -0.715. The summed E-state index contributed by atoms with van der Waals surface area (Å²) in [4.78, 5) is 13.1. The average molecular weight is 1070 g/mol. The SMILES string of the molecule is CCCCCCCCCCCCCCCCCCCCCCCCCCCCCC(=O)NC(COC1OC(CO)C(O)C(O)C1O)C(O)CCCCCCCCCCCCCCCCCCCCCCCCCCC. The molecule has 1 aliphatic heterocycles. The van der Waals surface area contributed by atoms with Crippen molar-refractivity contribution in [2.75, 3.05) is 13.2 Å². The van der Waals surface area contributed by atoms with E-state index in [1.807, 2.05) is 0 Å². The van der Waals surface area contributed by atoms with E-state index < -0.39 is 49.5 Å². The summed E-state index contributed by atoms with van der Waals surface area (Å²) in [6.07, 6.45) is 63.0. The summed E-state index contributed by atoms with van der Waals surface area (Å²) >= 11 is 0. The first kappa shape index (κ1) is 72.2. The van der Waals surface area contributed by atoms with Gasteiger partial charge in [-0.15, -0.1) is 0 Å². The Labute approximate surface area is 465 Å². The number of amides is 1. The van der Waals surface area contributed by atoms with E-state index in [1.54, 1.807) is 0 Å². The van der Waals surface area contributed by atoms with Gasteiger partial charge >= 0.3 is 0 Å². The Balaban J connectivity index is 2.12. The average Bonchev–Trinajstić information content (AvgIpc) is 3.41. The van der Waals surface area contributed by atoms with Crippen LogP contribution < -0.4 is 5.32 Å². The summed E-state index contributed by atoms with van der Waals surface area (Å²) in [6.45, 7) is 3.91. The van der Waals surface area contributed by atoms with Crippen molar-refractivity contribution in [2.24, 2.45) is 0 Å². The summed E-state index contributed by atoms with van der Waals surface area (Å²) in [5.41, 5.74) is 0. The van der Waals surface area contributed by atoms with Crippen molar-refractivity contribution < 1.29 is 39.8 Å². The molecule has 0 spiro atoms. The molecule has 7 unspecified atom stereocenters. The van der Waals surface area contributed by atoms with Crippen LogP contribution in [0.4, 0.5) is 0 Å². The molecule has 0 aromatic rings. The number of aliphatic hydroxyl groups excluding tert-OH is 5. The van der Waals surface area contributed by atoms with Gasteiger partial charge in [0.25, 0.3) is 0 Å². The fourth-order valence-electron chi connectivity index (χ4n) is 11.4. The van der Waals surface area contributed by atoms with Gasteiger partial charge in [0.15, 0.2) is 6.29 Å². The van der Waals surface area contributed by atoms with Gasteiger partial charge in [0.2, 0.25) is 5.91 Å². The van der Waals surface area contributed by atoms with E-state index in [-0.39, 0.29) is 12.5 Å². The van der Waals surface area contributed by atoms with E-state index in [9.17, 15) is 30.3 Å². The highest BCUT2D eigenvalue weighted by molar-refractivity contribution is 5.76. The Kier molecular flexibility index (Phi) is 54.4. The molecule has 0 radical (unpaired) electrons. The molecule has 1 rings (SSSR count). The maximum atomic E-state index is 13.1. The van der Waals surface area contributed by atoms with Crippen molar-refractivity contribution in [3.05, 3.63) is 0 Å². The number of nitrogens with one attached hydrogen (secondary N) is 1. The zero-order valence-electron chi connectivity index (χ0n) is 50.1. The lowest BCUT2D eigenvalue weighted by atomic mass is 9.99. The molecule has 448 valence electrons. The largest absolute Gasteiger partial charge is 0.394 e. The van der Waals surface area contributed by atoms with Crippen molar-refractivity contribution in [1.82, 2.24) is 5.32 Å². The molecule has 1 aliphatic rings. The number of hydrogen-bond acceptors (Lipinski definition) is 8. The summed E-state index contributed by atoms with van der Waals surface area (Å²) in [7, 11) is 0. The lowest BCUT2D eigenvalue weighted by molar-refractivity contribution is -0.302. The summed E-state index contributed by atoms with van der Waals surface area (Å²) in [5, 5.41) is 54.9. The van der Waals surface area contributed by atoms with E-state index in [0.717, 1.165) is 38.5 Å². The molecule has 0 bridgehead atoms. The third kappa shape index (κ3) is 45.6. The number of hydrogen-bond donors (Lipinski definition) is 6. The zero-order valence-corrected chi connectivity index (χ0v) is 50.1. The molecule has 6 N–H and O–H groups in total. The van der Waals surface area contributed by atoms with Crippen LogP contribution in [0.25, 0.3) is 0 Å². The minimum absolute atomic E-state index is 0.130.